The molecule has 1 aromatic carbocycles. The van der Waals surface area contributed by atoms with Crippen molar-refractivity contribution in [2.45, 2.75) is 57.6 Å². The van der Waals surface area contributed by atoms with E-state index >= 15 is 0 Å². The summed E-state index contributed by atoms with van der Waals surface area (Å²) >= 11 is 0. The van der Waals surface area contributed by atoms with Crippen LogP contribution in [-0.4, -0.2) is 22.8 Å². The first-order valence-corrected chi connectivity index (χ1v) is 7.56. The minimum atomic E-state index is -0.960. The van der Waals surface area contributed by atoms with E-state index in [-0.39, 0.29) is 6.42 Å². The smallest absolute Gasteiger partial charge is 0.408 e. The van der Waals surface area contributed by atoms with Crippen LogP contribution in [-0.2, 0) is 9.53 Å². The number of benzene rings is 1. The number of amides is 1. The lowest BCUT2D eigenvalue weighted by Crippen LogP contribution is -2.35. The Morgan fingerprint density at radius 3 is 2.59 bits per heavy atom. The predicted octanol–water partition coefficient (Wildman–Crippen LogP) is 3.60. The number of alkyl carbamates (subject to hydrolysis) is 1. The zero-order valence-electron chi connectivity index (χ0n) is 13.3. The van der Waals surface area contributed by atoms with Crippen LogP contribution in [0.3, 0.4) is 0 Å². The molecule has 1 fully saturated rings. The van der Waals surface area contributed by atoms with Gasteiger partial charge >= 0.3 is 12.1 Å². The first-order valence-electron chi connectivity index (χ1n) is 7.56. The maximum atomic E-state index is 11.9. The van der Waals surface area contributed by atoms with Crippen molar-refractivity contribution in [3.8, 4) is 0 Å². The first kappa shape index (κ1) is 16.3. The van der Waals surface area contributed by atoms with Crippen molar-refractivity contribution in [1.29, 1.82) is 0 Å². The molecule has 1 aliphatic carbocycles. The van der Waals surface area contributed by atoms with Crippen molar-refractivity contribution in [2.75, 3.05) is 0 Å². The zero-order chi connectivity index (χ0) is 16.3. The van der Waals surface area contributed by atoms with Crippen molar-refractivity contribution < 1.29 is 19.4 Å². The molecule has 0 bridgehead atoms. The van der Waals surface area contributed by atoms with E-state index in [0.29, 0.717) is 5.92 Å². The summed E-state index contributed by atoms with van der Waals surface area (Å²) in [6, 6.07) is 7.20. The quantitative estimate of drug-likeness (QED) is 0.871. The molecule has 22 heavy (non-hydrogen) atoms. The molecule has 0 saturated heterocycles. The predicted molar refractivity (Wildman–Crippen MR) is 82.8 cm³/mol. The number of ether oxygens (including phenoxy) is 1. The molecule has 0 aliphatic heterocycles. The van der Waals surface area contributed by atoms with Gasteiger partial charge in [0.1, 0.15) is 5.60 Å². The fourth-order valence-corrected chi connectivity index (χ4v) is 2.32. The lowest BCUT2D eigenvalue weighted by molar-refractivity contribution is -0.137. The van der Waals surface area contributed by atoms with Crippen molar-refractivity contribution in [3.63, 3.8) is 0 Å². The lowest BCUT2D eigenvalue weighted by atomic mass is 9.99. The normalized spacial score (nSPS) is 16.0. The zero-order valence-corrected chi connectivity index (χ0v) is 13.3. The average Bonchev–Trinajstić information content (AvgIpc) is 3.19. The number of carboxylic acid groups (broad SMARTS) is 1. The maximum absolute atomic E-state index is 11.9. The van der Waals surface area contributed by atoms with E-state index in [4.69, 9.17) is 9.84 Å². The average molecular weight is 305 g/mol. The molecule has 2 rings (SSSR count). The van der Waals surface area contributed by atoms with Gasteiger partial charge in [-0.3, -0.25) is 4.79 Å². The van der Waals surface area contributed by atoms with Crippen molar-refractivity contribution in [2.24, 2.45) is 0 Å². The standard InChI is InChI=1S/C17H23NO4/c1-17(2,3)22-16(21)18-14(10-15(19)20)13-6-4-5-12(9-13)11-7-8-11/h4-6,9,11,14H,7-8,10H2,1-3H3,(H,18,21)(H,19,20)/t14-/m1/s1. The minimum Gasteiger partial charge on any atom is -0.481 e. The van der Waals surface area contributed by atoms with Crippen LogP contribution < -0.4 is 5.32 Å². The molecule has 1 amide bonds. The van der Waals surface area contributed by atoms with Crippen LogP contribution >= 0.6 is 0 Å². The summed E-state index contributed by atoms with van der Waals surface area (Å²) in [4.78, 5) is 23.0. The van der Waals surface area contributed by atoms with Crippen LogP contribution in [0.15, 0.2) is 24.3 Å². The van der Waals surface area contributed by atoms with Crippen LogP contribution in [0.1, 0.15) is 63.1 Å². The molecule has 0 spiro atoms. The Hall–Kier alpha value is -2.04. The van der Waals surface area contributed by atoms with E-state index < -0.39 is 23.7 Å². The number of hydrogen-bond acceptors (Lipinski definition) is 3. The Morgan fingerprint density at radius 2 is 2.05 bits per heavy atom. The van der Waals surface area contributed by atoms with Crippen molar-refractivity contribution >= 4 is 12.1 Å². The molecule has 5 nitrogen and oxygen atoms in total. The van der Waals surface area contributed by atoms with Crippen LogP contribution in [0.4, 0.5) is 4.79 Å². The monoisotopic (exact) mass is 305 g/mol. The fraction of sp³-hybridized carbons (Fsp3) is 0.529. The van der Waals surface area contributed by atoms with Gasteiger partial charge in [0.25, 0.3) is 0 Å². The third-order valence-corrected chi connectivity index (χ3v) is 3.43. The Labute approximate surface area is 130 Å². The van der Waals surface area contributed by atoms with Gasteiger partial charge in [0.15, 0.2) is 0 Å². The number of nitrogens with one attached hydrogen (secondary N) is 1. The third kappa shape index (κ3) is 5.06. The van der Waals surface area contributed by atoms with Gasteiger partial charge in [-0.1, -0.05) is 24.3 Å². The molecule has 0 radical (unpaired) electrons. The highest BCUT2D eigenvalue weighted by Crippen LogP contribution is 2.40. The van der Waals surface area contributed by atoms with Crippen molar-refractivity contribution in [1.82, 2.24) is 5.32 Å². The molecule has 1 saturated carbocycles. The molecule has 0 aromatic heterocycles. The highest BCUT2D eigenvalue weighted by molar-refractivity contribution is 5.72. The second kappa shape index (κ2) is 6.38. The first-order chi connectivity index (χ1) is 10.2. The Morgan fingerprint density at radius 1 is 1.36 bits per heavy atom. The highest BCUT2D eigenvalue weighted by atomic mass is 16.6. The van der Waals surface area contributed by atoms with E-state index in [1.165, 1.54) is 18.4 Å². The molecule has 0 heterocycles. The van der Waals surface area contributed by atoms with Gasteiger partial charge in [-0.25, -0.2) is 4.79 Å². The van der Waals surface area contributed by atoms with Gasteiger partial charge < -0.3 is 15.2 Å². The highest BCUT2D eigenvalue weighted by Gasteiger charge is 2.26. The topological polar surface area (TPSA) is 75.6 Å². The SMILES string of the molecule is CC(C)(C)OC(=O)N[C@H](CC(=O)O)c1cccc(C2CC2)c1. The summed E-state index contributed by atoms with van der Waals surface area (Å²) in [5.74, 6) is -0.384. The fourth-order valence-electron chi connectivity index (χ4n) is 2.32. The second-order valence-corrected chi connectivity index (χ2v) is 6.74. The van der Waals surface area contributed by atoms with Gasteiger partial charge in [-0.05, 0) is 50.7 Å². The number of hydrogen-bond donors (Lipinski definition) is 2. The maximum Gasteiger partial charge on any atom is 0.408 e. The summed E-state index contributed by atoms with van der Waals surface area (Å²) < 4.78 is 5.22. The van der Waals surface area contributed by atoms with E-state index in [9.17, 15) is 9.59 Å². The number of carbonyl (C=O) groups excluding carboxylic acids is 1. The molecule has 5 heteroatoms. The van der Waals surface area contributed by atoms with E-state index in [1.54, 1.807) is 20.8 Å². The minimum absolute atomic E-state index is 0.173. The van der Waals surface area contributed by atoms with Crippen molar-refractivity contribution in [3.05, 3.63) is 35.4 Å². The summed E-state index contributed by atoms with van der Waals surface area (Å²) in [6.07, 6.45) is 1.57. The Balaban J connectivity index is 2.13. The van der Waals surface area contributed by atoms with Crippen LogP contribution in [0.25, 0.3) is 0 Å². The molecular formula is C17H23NO4. The Bertz CT molecular complexity index is 558. The van der Waals surface area contributed by atoms with Gasteiger partial charge in [0.2, 0.25) is 0 Å². The number of aliphatic carboxylic acids is 1. The van der Waals surface area contributed by atoms with Gasteiger partial charge in [-0.15, -0.1) is 0 Å². The summed E-state index contributed by atoms with van der Waals surface area (Å²) in [7, 11) is 0. The molecule has 1 aromatic rings. The molecule has 2 N–H and O–H groups in total. The van der Waals surface area contributed by atoms with E-state index in [1.807, 2.05) is 24.3 Å². The van der Waals surface area contributed by atoms with Gasteiger partial charge in [-0.2, -0.15) is 0 Å². The number of carbonyl (C=O) groups is 2. The second-order valence-electron chi connectivity index (χ2n) is 6.74. The molecule has 1 atom stereocenters. The van der Waals surface area contributed by atoms with E-state index in [2.05, 4.69) is 5.32 Å². The third-order valence-electron chi connectivity index (χ3n) is 3.43. The summed E-state index contributed by atoms with van der Waals surface area (Å²) in [5.41, 5.74) is 1.39. The van der Waals surface area contributed by atoms with Crippen LogP contribution in [0.5, 0.6) is 0 Å². The molecular weight excluding hydrogens is 282 g/mol. The van der Waals surface area contributed by atoms with Crippen LogP contribution in [0, 0.1) is 0 Å². The molecule has 1 aliphatic rings. The number of rotatable bonds is 5. The number of carboxylic acids is 1. The van der Waals surface area contributed by atoms with E-state index in [0.717, 1.165) is 5.56 Å². The van der Waals surface area contributed by atoms with Gasteiger partial charge in [0, 0.05) is 0 Å². The van der Waals surface area contributed by atoms with Gasteiger partial charge in [0.05, 0.1) is 12.5 Å². The summed E-state index contributed by atoms with van der Waals surface area (Å²) in [6.45, 7) is 5.31. The molecule has 0 unspecified atom stereocenters. The van der Waals surface area contributed by atoms with Crippen LogP contribution in [0.2, 0.25) is 0 Å². The summed E-state index contributed by atoms with van der Waals surface area (Å²) in [5, 5.41) is 11.8. The lowest BCUT2D eigenvalue weighted by Gasteiger charge is -2.23. The largest absolute Gasteiger partial charge is 0.481 e. The Kier molecular flexibility index (Phi) is 4.74. The molecule has 120 valence electrons.